The van der Waals surface area contributed by atoms with Crippen molar-refractivity contribution in [1.82, 2.24) is 4.90 Å². The Balaban J connectivity index is 2.38. The lowest BCUT2D eigenvalue weighted by Crippen LogP contribution is -2.28. The third-order valence-electron chi connectivity index (χ3n) is 3.73. The van der Waals surface area contributed by atoms with Crippen molar-refractivity contribution < 1.29 is 14.2 Å². The van der Waals surface area contributed by atoms with Crippen molar-refractivity contribution in [3.05, 3.63) is 23.5 Å². The largest absolute Gasteiger partial charge is 0.507 e. The molecule has 1 N–H and O–H groups in total. The molecule has 4 nitrogen and oxygen atoms in total. The predicted molar refractivity (Wildman–Crippen MR) is 77.1 cm³/mol. The molecule has 0 aliphatic carbocycles. The van der Waals surface area contributed by atoms with Crippen LogP contribution >= 0.6 is 0 Å². The average molecular weight is 280 g/mol. The third-order valence-corrected chi connectivity index (χ3v) is 3.73. The Labute approximate surface area is 118 Å². The fourth-order valence-corrected chi connectivity index (χ4v) is 2.71. The second-order valence-corrected chi connectivity index (χ2v) is 4.94. The number of hydrogen-bond acceptors (Lipinski definition) is 4. The molecule has 1 heterocycles. The van der Waals surface area contributed by atoms with E-state index in [0.29, 0.717) is 11.3 Å². The number of nitrogens with zero attached hydrogens (tertiary/aromatic N) is 2. The molecule has 20 heavy (non-hydrogen) atoms. The van der Waals surface area contributed by atoms with Crippen molar-refractivity contribution in [1.29, 1.82) is 0 Å². The van der Waals surface area contributed by atoms with Gasteiger partial charge in [0, 0.05) is 12.3 Å². The first-order chi connectivity index (χ1) is 9.58. The van der Waals surface area contributed by atoms with Gasteiger partial charge in [0.05, 0.1) is 12.7 Å². The van der Waals surface area contributed by atoms with Gasteiger partial charge in [-0.05, 0) is 38.4 Å². The Kier molecular flexibility index (Phi) is 4.60. The van der Waals surface area contributed by atoms with Crippen molar-refractivity contribution in [3.8, 4) is 11.5 Å². The van der Waals surface area contributed by atoms with E-state index in [1.54, 1.807) is 6.92 Å². The summed E-state index contributed by atoms with van der Waals surface area (Å²) in [6.07, 6.45) is 2.21. The SMILES string of the molecule is CCN1CCCC1/N=C(\C)c1c(O)ccc(F)c1OC. The molecule has 1 saturated heterocycles. The van der Waals surface area contributed by atoms with Crippen molar-refractivity contribution in [3.63, 3.8) is 0 Å². The fraction of sp³-hybridized carbons (Fsp3) is 0.533. The number of ether oxygens (including phenoxy) is 1. The summed E-state index contributed by atoms with van der Waals surface area (Å²) in [7, 11) is 1.39. The monoisotopic (exact) mass is 280 g/mol. The van der Waals surface area contributed by atoms with Crippen LogP contribution in [0.2, 0.25) is 0 Å². The molecule has 0 amide bonds. The number of benzene rings is 1. The van der Waals surface area contributed by atoms with Crippen molar-refractivity contribution in [2.45, 2.75) is 32.9 Å². The summed E-state index contributed by atoms with van der Waals surface area (Å²) in [5.74, 6) is -0.452. The average Bonchev–Trinajstić information content (AvgIpc) is 2.87. The second-order valence-electron chi connectivity index (χ2n) is 4.94. The van der Waals surface area contributed by atoms with Crippen molar-refractivity contribution >= 4 is 5.71 Å². The molecule has 1 atom stereocenters. The van der Waals surface area contributed by atoms with Crippen LogP contribution in [0.5, 0.6) is 11.5 Å². The molecule has 2 rings (SSSR count). The minimum atomic E-state index is -0.492. The molecule has 1 aromatic rings. The molecule has 1 aliphatic rings. The molecule has 1 fully saturated rings. The lowest BCUT2D eigenvalue weighted by atomic mass is 10.1. The van der Waals surface area contributed by atoms with Crippen LogP contribution in [-0.2, 0) is 0 Å². The maximum absolute atomic E-state index is 13.7. The molecule has 1 unspecified atom stereocenters. The van der Waals surface area contributed by atoms with Crippen LogP contribution in [0.3, 0.4) is 0 Å². The number of likely N-dealkylation sites (tertiary alicyclic amines) is 1. The second kappa shape index (κ2) is 6.22. The number of halogens is 1. The van der Waals surface area contributed by atoms with Crippen LogP contribution in [0.15, 0.2) is 17.1 Å². The maximum atomic E-state index is 13.7. The van der Waals surface area contributed by atoms with E-state index in [9.17, 15) is 9.50 Å². The van der Waals surface area contributed by atoms with E-state index >= 15 is 0 Å². The van der Waals surface area contributed by atoms with E-state index in [0.717, 1.165) is 25.9 Å². The molecule has 0 radical (unpaired) electrons. The normalized spacial score (nSPS) is 20.4. The predicted octanol–water partition coefficient (Wildman–Crippen LogP) is 2.79. The number of hydrogen-bond donors (Lipinski definition) is 1. The standard InChI is InChI=1S/C15H21FN2O2/c1-4-18-9-5-6-13(18)17-10(2)14-12(19)8-7-11(16)15(14)20-3/h7-8,13,19H,4-6,9H2,1-3H3/b17-10+. The van der Waals surface area contributed by atoms with Gasteiger partial charge in [-0.15, -0.1) is 0 Å². The summed E-state index contributed by atoms with van der Waals surface area (Å²) < 4.78 is 18.8. The number of methoxy groups -OCH3 is 1. The zero-order chi connectivity index (χ0) is 14.7. The Hall–Kier alpha value is -1.62. The molecule has 0 bridgehead atoms. The highest BCUT2D eigenvalue weighted by Crippen LogP contribution is 2.32. The van der Waals surface area contributed by atoms with Crippen LogP contribution < -0.4 is 4.74 Å². The highest BCUT2D eigenvalue weighted by atomic mass is 19.1. The molecule has 110 valence electrons. The van der Waals surface area contributed by atoms with Crippen LogP contribution in [-0.4, -0.2) is 42.1 Å². The van der Waals surface area contributed by atoms with Crippen molar-refractivity contribution in [2.75, 3.05) is 20.2 Å². The Morgan fingerprint density at radius 3 is 2.95 bits per heavy atom. The van der Waals surface area contributed by atoms with Gasteiger partial charge in [0.25, 0.3) is 0 Å². The van der Waals surface area contributed by atoms with Gasteiger partial charge in [0.15, 0.2) is 11.6 Å². The molecule has 0 saturated carbocycles. The van der Waals surface area contributed by atoms with E-state index in [4.69, 9.17) is 4.74 Å². The quantitative estimate of drug-likeness (QED) is 0.863. The van der Waals surface area contributed by atoms with Crippen LogP contribution in [0.25, 0.3) is 0 Å². The summed E-state index contributed by atoms with van der Waals surface area (Å²) in [5, 5.41) is 9.97. The van der Waals surface area contributed by atoms with Gasteiger partial charge in [-0.2, -0.15) is 0 Å². The number of phenolic OH excluding ortho intramolecular Hbond substituents is 1. The molecular weight excluding hydrogens is 259 g/mol. The summed E-state index contributed by atoms with van der Waals surface area (Å²) in [4.78, 5) is 6.92. The van der Waals surface area contributed by atoms with Crippen LogP contribution in [0.4, 0.5) is 4.39 Å². The van der Waals surface area contributed by atoms with Crippen LogP contribution in [0, 0.1) is 5.82 Å². The minimum absolute atomic E-state index is 0.00875. The lowest BCUT2D eigenvalue weighted by molar-refractivity contribution is 0.275. The first-order valence-corrected chi connectivity index (χ1v) is 6.92. The van der Waals surface area contributed by atoms with Crippen molar-refractivity contribution in [2.24, 2.45) is 4.99 Å². The van der Waals surface area contributed by atoms with E-state index in [1.165, 1.54) is 19.2 Å². The number of rotatable bonds is 4. The Morgan fingerprint density at radius 1 is 1.55 bits per heavy atom. The molecule has 1 aromatic carbocycles. The molecular formula is C15H21FN2O2. The van der Waals surface area contributed by atoms with Gasteiger partial charge in [-0.1, -0.05) is 6.92 Å². The lowest BCUT2D eigenvalue weighted by Gasteiger charge is -2.20. The minimum Gasteiger partial charge on any atom is -0.507 e. The first kappa shape index (κ1) is 14.8. The number of aromatic hydroxyl groups is 1. The van der Waals surface area contributed by atoms with Gasteiger partial charge in [-0.3, -0.25) is 9.89 Å². The smallest absolute Gasteiger partial charge is 0.167 e. The highest BCUT2D eigenvalue weighted by molar-refractivity contribution is 6.03. The van der Waals surface area contributed by atoms with Gasteiger partial charge in [0.2, 0.25) is 0 Å². The van der Waals surface area contributed by atoms with E-state index in [-0.39, 0.29) is 17.7 Å². The van der Waals surface area contributed by atoms with E-state index in [1.807, 2.05) is 0 Å². The maximum Gasteiger partial charge on any atom is 0.167 e. The zero-order valence-electron chi connectivity index (χ0n) is 12.2. The zero-order valence-corrected chi connectivity index (χ0v) is 12.2. The summed E-state index contributed by atoms with van der Waals surface area (Å²) in [6, 6.07) is 2.53. The summed E-state index contributed by atoms with van der Waals surface area (Å²) in [5.41, 5.74) is 0.944. The highest BCUT2D eigenvalue weighted by Gasteiger charge is 2.24. The molecule has 0 aromatic heterocycles. The summed E-state index contributed by atoms with van der Waals surface area (Å²) in [6.45, 7) is 5.85. The first-order valence-electron chi connectivity index (χ1n) is 6.92. The fourth-order valence-electron chi connectivity index (χ4n) is 2.71. The van der Waals surface area contributed by atoms with E-state index < -0.39 is 5.82 Å². The summed E-state index contributed by atoms with van der Waals surface area (Å²) >= 11 is 0. The third kappa shape index (κ3) is 2.77. The van der Waals surface area contributed by atoms with Gasteiger partial charge < -0.3 is 9.84 Å². The topological polar surface area (TPSA) is 45.1 Å². The van der Waals surface area contributed by atoms with E-state index in [2.05, 4.69) is 16.8 Å². The molecule has 5 heteroatoms. The van der Waals surface area contributed by atoms with Gasteiger partial charge in [-0.25, -0.2) is 4.39 Å². The Bertz CT molecular complexity index is 517. The van der Waals surface area contributed by atoms with Crippen LogP contribution in [0.1, 0.15) is 32.3 Å². The number of aliphatic imine (C=N–C) groups is 1. The Morgan fingerprint density at radius 2 is 2.30 bits per heavy atom. The molecule has 0 spiro atoms. The molecule has 1 aliphatic heterocycles. The number of phenols is 1. The van der Waals surface area contributed by atoms with Gasteiger partial charge >= 0.3 is 0 Å². The van der Waals surface area contributed by atoms with Gasteiger partial charge in [0.1, 0.15) is 11.9 Å².